The maximum atomic E-state index is 13.5. The van der Waals surface area contributed by atoms with Gasteiger partial charge >= 0.3 is 6.18 Å². The predicted octanol–water partition coefficient (Wildman–Crippen LogP) is 4.17. The maximum Gasteiger partial charge on any atom is 0.417 e. The van der Waals surface area contributed by atoms with Crippen molar-refractivity contribution in [2.75, 3.05) is 31.1 Å². The molecule has 0 aliphatic carbocycles. The van der Waals surface area contributed by atoms with E-state index in [-0.39, 0.29) is 23.3 Å². The summed E-state index contributed by atoms with van der Waals surface area (Å²) in [7, 11) is 0. The fourth-order valence-corrected chi connectivity index (χ4v) is 5.18. The van der Waals surface area contributed by atoms with E-state index in [1.807, 2.05) is 0 Å². The topological polar surface area (TPSA) is 89.8 Å². The molecule has 4 rings (SSSR count). The first-order valence-electron chi connectivity index (χ1n) is 12.5. The number of anilines is 1. The molecule has 2 saturated heterocycles. The number of likely N-dealkylation sites (tertiary alicyclic amines) is 1. The highest BCUT2D eigenvalue weighted by molar-refractivity contribution is 7.80. The number of carbonyl (C=O) groups is 2. The number of halogens is 3. The molecule has 0 spiro atoms. The highest BCUT2D eigenvalue weighted by Gasteiger charge is 2.50. The summed E-state index contributed by atoms with van der Waals surface area (Å²) in [6, 6.07) is 8.16. The first-order valence-corrected chi connectivity index (χ1v) is 12.9. The van der Waals surface area contributed by atoms with Gasteiger partial charge in [0.15, 0.2) is 5.11 Å². The lowest BCUT2D eigenvalue weighted by atomic mass is 9.99. The molecule has 3 heterocycles. The van der Waals surface area contributed by atoms with Crippen LogP contribution in [-0.4, -0.2) is 63.9 Å². The summed E-state index contributed by atoms with van der Waals surface area (Å²) >= 11 is 5.54. The maximum absolute atomic E-state index is 13.5. The van der Waals surface area contributed by atoms with Crippen molar-refractivity contribution in [3.05, 3.63) is 53.2 Å². The summed E-state index contributed by atoms with van der Waals surface area (Å²) in [5, 5.41) is 9.14. The van der Waals surface area contributed by atoms with Gasteiger partial charge in [-0.3, -0.25) is 14.6 Å². The molecule has 0 atom stereocenters. The van der Waals surface area contributed by atoms with Gasteiger partial charge in [0, 0.05) is 31.3 Å². The van der Waals surface area contributed by atoms with Crippen molar-refractivity contribution in [2.45, 2.75) is 44.9 Å². The zero-order chi connectivity index (χ0) is 28.4. The van der Waals surface area contributed by atoms with Gasteiger partial charge in [0.25, 0.3) is 5.91 Å². The van der Waals surface area contributed by atoms with Crippen LogP contribution < -0.4 is 9.64 Å². The summed E-state index contributed by atoms with van der Waals surface area (Å²) < 4.78 is 46.3. The van der Waals surface area contributed by atoms with Gasteiger partial charge in [-0.15, -0.1) is 0 Å². The Balaban J connectivity index is 1.41. The standard InChI is InChI=1S/C27H28F3N5O3S/c1-26(2)24(37)35(21-5-4-20(14-31)22(13-21)27(28,29)30)25(39)34(26)16-19-3-6-23(32-15-19)38-12-11-33-9-7-18(17-36)8-10-33/h3-6,13,15,17-18H,7-12,16H2,1-2H3. The zero-order valence-corrected chi connectivity index (χ0v) is 22.4. The second-order valence-electron chi connectivity index (χ2n) is 10.1. The van der Waals surface area contributed by atoms with Gasteiger partial charge in [0.05, 0.1) is 22.9 Å². The number of carbonyl (C=O) groups excluding carboxylic acids is 2. The van der Waals surface area contributed by atoms with Crippen LogP contribution in [0.1, 0.15) is 43.4 Å². The Labute approximate surface area is 229 Å². The smallest absolute Gasteiger partial charge is 0.417 e. The fourth-order valence-electron chi connectivity index (χ4n) is 4.70. The van der Waals surface area contributed by atoms with Crippen molar-refractivity contribution in [3.63, 3.8) is 0 Å². The Hall–Kier alpha value is -3.56. The average molecular weight is 560 g/mol. The Morgan fingerprint density at radius 1 is 1.23 bits per heavy atom. The van der Waals surface area contributed by atoms with Gasteiger partial charge in [0.1, 0.15) is 18.4 Å². The molecule has 1 amide bonds. The van der Waals surface area contributed by atoms with E-state index in [1.54, 1.807) is 37.1 Å². The third-order valence-corrected chi connectivity index (χ3v) is 7.53. The van der Waals surface area contributed by atoms with E-state index in [0.717, 1.165) is 61.4 Å². The number of piperidine rings is 1. The lowest BCUT2D eigenvalue weighted by Crippen LogP contribution is -2.43. The van der Waals surface area contributed by atoms with Gasteiger partial charge in [-0.2, -0.15) is 18.4 Å². The molecule has 0 N–H and O–H groups in total. The third-order valence-electron chi connectivity index (χ3n) is 7.13. The molecule has 206 valence electrons. The van der Waals surface area contributed by atoms with Gasteiger partial charge in [-0.05, 0) is 75.8 Å². The van der Waals surface area contributed by atoms with Crippen LogP contribution in [-0.2, 0) is 22.3 Å². The van der Waals surface area contributed by atoms with Crippen molar-refractivity contribution in [2.24, 2.45) is 5.92 Å². The van der Waals surface area contributed by atoms with Crippen LogP contribution in [0.15, 0.2) is 36.5 Å². The van der Waals surface area contributed by atoms with E-state index in [1.165, 1.54) is 12.1 Å². The second kappa shape index (κ2) is 11.3. The van der Waals surface area contributed by atoms with Crippen molar-refractivity contribution >= 4 is 35.2 Å². The molecule has 2 fully saturated rings. The lowest BCUT2D eigenvalue weighted by molar-refractivity contribution is -0.137. The molecule has 2 aromatic rings. The number of nitrogens with zero attached hydrogens (tertiary/aromatic N) is 5. The normalized spacial score (nSPS) is 18.4. The number of alkyl halides is 3. The molecule has 0 saturated carbocycles. The monoisotopic (exact) mass is 559 g/mol. The molecule has 39 heavy (non-hydrogen) atoms. The highest BCUT2D eigenvalue weighted by Crippen LogP contribution is 2.38. The minimum atomic E-state index is -4.76. The van der Waals surface area contributed by atoms with Crippen LogP contribution in [0, 0.1) is 17.2 Å². The molecule has 12 heteroatoms. The summed E-state index contributed by atoms with van der Waals surface area (Å²) in [6.45, 7) is 6.41. The highest BCUT2D eigenvalue weighted by atomic mass is 32.1. The van der Waals surface area contributed by atoms with Gasteiger partial charge < -0.3 is 14.4 Å². The van der Waals surface area contributed by atoms with Crippen molar-refractivity contribution in [1.29, 1.82) is 5.26 Å². The minimum absolute atomic E-state index is 0.0517. The van der Waals surface area contributed by atoms with Crippen molar-refractivity contribution in [3.8, 4) is 11.9 Å². The number of hydrogen-bond acceptors (Lipinski definition) is 7. The predicted molar refractivity (Wildman–Crippen MR) is 141 cm³/mol. The lowest BCUT2D eigenvalue weighted by Gasteiger charge is -2.29. The van der Waals surface area contributed by atoms with Crippen LogP contribution in [0.2, 0.25) is 0 Å². The molecule has 8 nitrogen and oxygen atoms in total. The van der Waals surface area contributed by atoms with Crippen molar-refractivity contribution < 1.29 is 27.5 Å². The number of nitriles is 1. The van der Waals surface area contributed by atoms with E-state index in [0.29, 0.717) is 12.5 Å². The second-order valence-corrected chi connectivity index (χ2v) is 10.4. The van der Waals surface area contributed by atoms with E-state index in [2.05, 4.69) is 9.88 Å². The first-order chi connectivity index (χ1) is 18.5. The van der Waals surface area contributed by atoms with Crippen LogP contribution in [0.25, 0.3) is 0 Å². The molecule has 0 radical (unpaired) electrons. The molecule has 1 aromatic heterocycles. The molecule has 2 aliphatic heterocycles. The van der Waals surface area contributed by atoms with E-state index < -0.39 is 28.7 Å². The number of rotatable bonds is 8. The quantitative estimate of drug-likeness (QED) is 0.352. The number of benzene rings is 1. The average Bonchev–Trinajstić information content (AvgIpc) is 3.08. The Morgan fingerprint density at radius 2 is 1.95 bits per heavy atom. The number of aromatic nitrogens is 1. The summed E-state index contributed by atoms with van der Waals surface area (Å²) in [6.07, 6.45) is -0.400. The number of amides is 1. The van der Waals surface area contributed by atoms with Crippen molar-refractivity contribution in [1.82, 2.24) is 14.8 Å². The Bertz CT molecular complexity index is 1290. The van der Waals surface area contributed by atoms with Gasteiger partial charge in [0.2, 0.25) is 5.88 Å². The first kappa shape index (κ1) is 28.4. The molecule has 1 aromatic carbocycles. The molecule has 0 unspecified atom stereocenters. The van der Waals surface area contributed by atoms with Crippen LogP contribution >= 0.6 is 12.2 Å². The van der Waals surface area contributed by atoms with Gasteiger partial charge in [-0.25, -0.2) is 4.98 Å². The van der Waals surface area contributed by atoms with E-state index in [4.69, 9.17) is 22.2 Å². The number of ether oxygens (including phenoxy) is 1. The molecule has 2 aliphatic rings. The number of pyridine rings is 1. The number of aldehydes is 1. The molecular formula is C27H28F3N5O3S. The number of hydrogen-bond donors (Lipinski definition) is 0. The Kier molecular flexibility index (Phi) is 8.23. The summed E-state index contributed by atoms with van der Waals surface area (Å²) in [4.78, 5) is 33.5. The zero-order valence-electron chi connectivity index (χ0n) is 21.6. The summed E-state index contributed by atoms with van der Waals surface area (Å²) in [5.41, 5.74) is -2.10. The largest absolute Gasteiger partial charge is 0.476 e. The molecular weight excluding hydrogens is 531 g/mol. The van der Waals surface area contributed by atoms with E-state index >= 15 is 0 Å². The minimum Gasteiger partial charge on any atom is -0.476 e. The van der Waals surface area contributed by atoms with Crippen LogP contribution in [0.4, 0.5) is 18.9 Å². The van der Waals surface area contributed by atoms with E-state index in [9.17, 15) is 22.8 Å². The third kappa shape index (κ3) is 6.04. The molecule has 0 bridgehead atoms. The SMILES string of the molecule is CC1(C)C(=O)N(c2ccc(C#N)c(C(F)(F)F)c2)C(=S)N1Cc1ccc(OCCN2CCC(C=O)CC2)nc1. The van der Waals surface area contributed by atoms with Crippen LogP contribution in [0.5, 0.6) is 5.88 Å². The Morgan fingerprint density at radius 3 is 2.54 bits per heavy atom. The summed E-state index contributed by atoms with van der Waals surface area (Å²) in [5.74, 6) is 0.115. The van der Waals surface area contributed by atoms with Crippen LogP contribution in [0.3, 0.4) is 0 Å². The fraction of sp³-hybridized carbons (Fsp3) is 0.444. The van der Waals surface area contributed by atoms with Gasteiger partial charge in [-0.1, -0.05) is 6.07 Å². The number of thiocarbonyl (C=S) groups is 1.